The molecule has 40 heavy (non-hydrogen) atoms. The highest BCUT2D eigenvalue weighted by Crippen LogP contribution is 2.38. The highest BCUT2D eigenvalue weighted by Gasteiger charge is 2.42. The van der Waals surface area contributed by atoms with Crippen LogP contribution in [0.3, 0.4) is 0 Å². The van der Waals surface area contributed by atoms with Crippen molar-refractivity contribution >= 4 is 38.7 Å². The summed E-state index contributed by atoms with van der Waals surface area (Å²) in [5.74, 6) is 0.217. The summed E-state index contributed by atoms with van der Waals surface area (Å²) < 4.78 is 63.3. The number of alkyl halides is 2. The molecule has 1 aliphatic carbocycles. The van der Waals surface area contributed by atoms with Gasteiger partial charge in [0.1, 0.15) is 10.5 Å². The Balaban J connectivity index is 1.56. The third-order valence-electron chi connectivity index (χ3n) is 7.03. The minimum atomic E-state index is -3.92. The molecule has 0 bridgehead atoms. The van der Waals surface area contributed by atoms with Gasteiger partial charge in [0.2, 0.25) is 10.0 Å². The molecule has 218 valence electrons. The van der Waals surface area contributed by atoms with Crippen LogP contribution in [0.4, 0.5) is 19.3 Å². The van der Waals surface area contributed by atoms with Crippen LogP contribution >= 0.6 is 11.3 Å². The molecule has 4 heterocycles. The fraction of sp³-hybridized carbons (Fsp3) is 0.600. The minimum absolute atomic E-state index is 0.0172. The first-order valence-electron chi connectivity index (χ1n) is 13.1. The molecule has 0 radical (unpaired) electrons. The van der Waals surface area contributed by atoms with Gasteiger partial charge >= 0.3 is 6.09 Å². The number of nitrogens with zero attached hydrogens (tertiary/aromatic N) is 6. The molecule has 11 nitrogen and oxygen atoms in total. The van der Waals surface area contributed by atoms with E-state index < -0.39 is 32.6 Å². The molecule has 1 N–H and O–H groups in total. The van der Waals surface area contributed by atoms with Gasteiger partial charge in [-0.05, 0) is 53.0 Å². The third-order valence-corrected chi connectivity index (χ3v) is 9.56. The van der Waals surface area contributed by atoms with Gasteiger partial charge in [-0.1, -0.05) is 18.3 Å². The molecular formula is C25H33F2N7O4S2. The number of pyridine rings is 1. The zero-order valence-corrected chi connectivity index (χ0v) is 24.7. The molecule has 0 spiro atoms. The first-order valence-corrected chi connectivity index (χ1v) is 15.4. The number of halogens is 2. The molecule has 15 heteroatoms. The number of ether oxygens (including phenoxy) is 1. The van der Waals surface area contributed by atoms with Crippen molar-refractivity contribution in [3.63, 3.8) is 0 Å². The molecule has 1 amide bonds. The number of fused-ring (bicyclic) bond motifs is 1. The van der Waals surface area contributed by atoms with Gasteiger partial charge in [-0.2, -0.15) is 0 Å². The van der Waals surface area contributed by atoms with Crippen molar-refractivity contribution in [2.24, 2.45) is 0 Å². The van der Waals surface area contributed by atoms with E-state index in [0.29, 0.717) is 48.6 Å². The monoisotopic (exact) mass is 597 g/mol. The number of hydrogen-bond donors (Lipinski definition) is 1. The second kappa shape index (κ2) is 10.2. The molecule has 1 saturated heterocycles. The maximum atomic E-state index is 13.5. The van der Waals surface area contributed by atoms with E-state index in [-0.39, 0.29) is 27.9 Å². The third kappa shape index (κ3) is 5.77. The lowest BCUT2D eigenvalue weighted by Crippen LogP contribution is -2.56. The molecule has 3 aromatic rings. The number of carbonyl (C=O) groups is 1. The number of piperazine rings is 1. The fourth-order valence-electron chi connectivity index (χ4n) is 4.68. The fourth-order valence-corrected chi connectivity index (χ4v) is 6.86. The Bertz CT molecular complexity index is 1530. The Kier molecular flexibility index (Phi) is 7.28. The Hall–Kier alpha value is -2.91. The number of carbonyl (C=O) groups excluding carboxylic acids is 1. The summed E-state index contributed by atoms with van der Waals surface area (Å²) in [6.45, 7) is 10.5. The Labute approximate surface area is 235 Å². The quantitative estimate of drug-likeness (QED) is 0.424. The van der Waals surface area contributed by atoms with Gasteiger partial charge in [-0.25, -0.2) is 31.7 Å². The van der Waals surface area contributed by atoms with Crippen molar-refractivity contribution in [2.45, 2.75) is 82.4 Å². The molecular weight excluding hydrogens is 564 g/mol. The van der Waals surface area contributed by atoms with Gasteiger partial charge in [0.15, 0.2) is 15.8 Å². The summed E-state index contributed by atoms with van der Waals surface area (Å²) in [6.07, 6.45) is 1.98. The molecule has 2 fully saturated rings. The molecule has 5 rings (SSSR count). The maximum absolute atomic E-state index is 13.5. The second-order valence-electron chi connectivity index (χ2n) is 11.5. The van der Waals surface area contributed by atoms with Gasteiger partial charge in [-0.3, -0.25) is 4.40 Å². The number of amides is 1. The predicted molar refractivity (Wildman–Crippen MR) is 146 cm³/mol. The van der Waals surface area contributed by atoms with E-state index in [2.05, 4.69) is 19.9 Å². The standard InChI is InChI=1S/C25H33F2N7O4S2/c1-6-15-13-32(9-10-33(15)23(35)38-24(2,3)4)17-11-16(40(36,37)31-25(5)7-8-25)14-34-18(17)12-28-20(34)22-30-29-21(39-22)19(26)27/h11-12,14-15,19,31H,6-10,13H2,1-5H3/t15-/m0/s1. The minimum Gasteiger partial charge on any atom is -0.444 e. The van der Waals surface area contributed by atoms with Crippen LogP contribution in [0.2, 0.25) is 0 Å². The number of anilines is 1. The van der Waals surface area contributed by atoms with Gasteiger partial charge in [0, 0.05) is 31.4 Å². The summed E-state index contributed by atoms with van der Waals surface area (Å²) in [5.41, 5.74) is 0.0585. The van der Waals surface area contributed by atoms with E-state index in [1.165, 1.54) is 6.20 Å². The number of imidazole rings is 1. The predicted octanol–water partition coefficient (Wildman–Crippen LogP) is 4.46. The van der Waals surface area contributed by atoms with Crippen molar-refractivity contribution in [3.05, 3.63) is 23.5 Å². The highest BCUT2D eigenvalue weighted by molar-refractivity contribution is 7.89. The number of hydrogen-bond acceptors (Lipinski definition) is 9. The van der Waals surface area contributed by atoms with E-state index in [9.17, 15) is 22.0 Å². The topological polar surface area (TPSA) is 122 Å². The lowest BCUT2D eigenvalue weighted by molar-refractivity contribution is 0.0137. The van der Waals surface area contributed by atoms with Crippen LogP contribution in [0.5, 0.6) is 0 Å². The Morgan fingerprint density at radius 1 is 1.27 bits per heavy atom. The highest BCUT2D eigenvalue weighted by atomic mass is 32.2. The lowest BCUT2D eigenvalue weighted by Gasteiger charge is -2.42. The molecule has 1 saturated carbocycles. The summed E-state index contributed by atoms with van der Waals surface area (Å²) in [6, 6.07) is 1.43. The number of nitrogens with one attached hydrogen (secondary N) is 1. The van der Waals surface area contributed by atoms with E-state index in [4.69, 9.17) is 4.74 Å². The Morgan fingerprint density at radius 3 is 2.60 bits per heavy atom. The molecule has 3 aromatic heterocycles. The van der Waals surface area contributed by atoms with Crippen molar-refractivity contribution in [2.75, 3.05) is 24.5 Å². The zero-order valence-electron chi connectivity index (χ0n) is 23.0. The molecule has 2 aliphatic rings. The van der Waals surface area contributed by atoms with Crippen LogP contribution < -0.4 is 9.62 Å². The van der Waals surface area contributed by atoms with Crippen LogP contribution in [0.25, 0.3) is 16.3 Å². The van der Waals surface area contributed by atoms with Gasteiger partial charge in [-0.15, -0.1) is 10.2 Å². The van der Waals surface area contributed by atoms with Crippen molar-refractivity contribution in [1.29, 1.82) is 0 Å². The van der Waals surface area contributed by atoms with E-state index >= 15 is 0 Å². The first-order chi connectivity index (χ1) is 18.7. The largest absolute Gasteiger partial charge is 0.444 e. The van der Waals surface area contributed by atoms with Gasteiger partial charge in [0.05, 0.1) is 23.4 Å². The van der Waals surface area contributed by atoms with E-state index in [1.54, 1.807) is 21.6 Å². The summed E-state index contributed by atoms with van der Waals surface area (Å²) in [7, 11) is -3.92. The summed E-state index contributed by atoms with van der Waals surface area (Å²) in [5, 5.41) is 7.16. The van der Waals surface area contributed by atoms with Crippen LogP contribution in [0.15, 0.2) is 23.4 Å². The SMILES string of the molecule is CC[C@H]1CN(c2cc(S(=O)(=O)NC3(C)CC3)cn3c(-c4nnc(C(F)F)s4)ncc23)CCN1C(=O)OC(C)(C)C. The van der Waals surface area contributed by atoms with Gasteiger partial charge < -0.3 is 14.5 Å². The maximum Gasteiger partial charge on any atom is 0.410 e. The van der Waals surface area contributed by atoms with Crippen molar-refractivity contribution in [3.8, 4) is 10.8 Å². The van der Waals surface area contributed by atoms with E-state index in [0.717, 1.165) is 12.8 Å². The number of aromatic nitrogens is 4. The molecule has 1 aliphatic heterocycles. The van der Waals surface area contributed by atoms with Gasteiger partial charge in [0.25, 0.3) is 6.43 Å². The first kappa shape index (κ1) is 28.6. The summed E-state index contributed by atoms with van der Waals surface area (Å²) >= 11 is 0.708. The number of rotatable bonds is 7. The zero-order chi connectivity index (χ0) is 29.0. The van der Waals surface area contributed by atoms with Crippen LogP contribution in [0.1, 0.15) is 65.3 Å². The van der Waals surface area contributed by atoms with Crippen LogP contribution in [-0.4, -0.2) is 75.8 Å². The van der Waals surface area contributed by atoms with E-state index in [1.807, 2.05) is 39.5 Å². The second-order valence-corrected chi connectivity index (χ2v) is 14.2. The Morgan fingerprint density at radius 2 is 2.00 bits per heavy atom. The lowest BCUT2D eigenvalue weighted by atomic mass is 10.1. The van der Waals surface area contributed by atoms with Crippen molar-refractivity contribution < 1.29 is 26.7 Å². The molecule has 0 unspecified atom stereocenters. The molecule has 1 atom stereocenters. The van der Waals surface area contributed by atoms with Crippen molar-refractivity contribution in [1.82, 2.24) is 29.2 Å². The normalized spacial score (nSPS) is 19.4. The average molecular weight is 598 g/mol. The summed E-state index contributed by atoms with van der Waals surface area (Å²) in [4.78, 5) is 21.1. The average Bonchev–Trinajstić information content (AvgIpc) is 3.24. The smallest absolute Gasteiger partial charge is 0.410 e. The van der Waals surface area contributed by atoms with Crippen LogP contribution in [0, 0.1) is 0 Å². The van der Waals surface area contributed by atoms with Crippen LogP contribution in [-0.2, 0) is 14.8 Å². The number of sulfonamides is 1. The molecule has 0 aromatic carbocycles.